The van der Waals surface area contributed by atoms with Crippen molar-refractivity contribution in [2.45, 2.75) is 37.6 Å². The first-order chi connectivity index (χ1) is 10.1. The van der Waals surface area contributed by atoms with Crippen molar-refractivity contribution in [3.63, 3.8) is 0 Å². The van der Waals surface area contributed by atoms with Gasteiger partial charge in [-0.2, -0.15) is 0 Å². The summed E-state index contributed by atoms with van der Waals surface area (Å²) in [7, 11) is 3.12. The maximum Gasteiger partial charge on any atom is 0.329 e. The normalized spacial score (nSPS) is 17.2. The Morgan fingerprint density at radius 3 is 2.05 bits per heavy atom. The minimum Gasteiger partial charge on any atom is -0.480 e. The predicted molar refractivity (Wildman–Crippen MR) is 77.3 cm³/mol. The second-order valence-electron chi connectivity index (χ2n) is 5.35. The first-order valence-electron chi connectivity index (χ1n) is 7.34. The van der Waals surface area contributed by atoms with E-state index >= 15 is 0 Å². The highest BCUT2D eigenvalue weighted by Crippen LogP contribution is 2.28. The molecular weight excluding hydrogens is 276 g/mol. The number of hydrogen-bond donors (Lipinski definition) is 2. The van der Waals surface area contributed by atoms with Crippen LogP contribution in [0, 0.1) is 0 Å². The van der Waals surface area contributed by atoms with Gasteiger partial charge < -0.3 is 24.8 Å². The number of amides is 2. The predicted octanol–water partition coefficient (Wildman–Crippen LogP) is 1.08. The number of rotatable bonds is 8. The fourth-order valence-corrected chi connectivity index (χ4v) is 2.55. The molecule has 122 valence electrons. The number of carboxylic acid groups (broad SMARTS) is 1. The van der Waals surface area contributed by atoms with Crippen LogP contribution >= 0.6 is 0 Å². The Morgan fingerprint density at radius 2 is 1.62 bits per heavy atom. The SMILES string of the molecule is COCCN(CCOC)C(=O)NC1(C(=O)O)CCCCC1. The van der Waals surface area contributed by atoms with Gasteiger partial charge in [0.2, 0.25) is 0 Å². The van der Waals surface area contributed by atoms with E-state index in [4.69, 9.17) is 9.47 Å². The zero-order valence-corrected chi connectivity index (χ0v) is 12.9. The molecular formula is C14H26N2O5. The van der Waals surface area contributed by atoms with Crippen LogP contribution in [0.15, 0.2) is 0 Å². The molecule has 1 aliphatic carbocycles. The lowest BCUT2D eigenvalue weighted by Gasteiger charge is -2.36. The van der Waals surface area contributed by atoms with Crippen molar-refractivity contribution >= 4 is 12.0 Å². The minimum atomic E-state index is -1.13. The quantitative estimate of drug-likeness (QED) is 0.700. The average Bonchev–Trinajstić information content (AvgIpc) is 2.48. The lowest BCUT2D eigenvalue weighted by atomic mass is 9.82. The molecule has 0 heterocycles. The van der Waals surface area contributed by atoms with Crippen LogP contribution in [0.3, 0.4) is 0 Å². The second kappa shape index (κ2) is 8.84. The second-order valence-corrected chi connectivity index (χ2v) is 5.35. The lowest BCUT2D eigenvalue weighted by molar-refractivity contribution is -0.146. The molecule has 0 bridgehead atoms. The van der Waals surface area contributed by atoms with Gasteiger partial charge in [0.05, 0.1) is 13.2 Å². The fraction of sp³-hybridized carbons (Fsp3) is 0.857. The summed E-state index contributed by atoms with van der Waals surface area (Å²) in [6.07, 6.45) is 3.63. The Hall–Kier alpha value is -1.34. The van der Waals surface area contributed by atoms with Crippen LogP contribution in [0.25, 0.3) is 0 Å². The Kier molecular flexibility index (Phi) is 7.45. The van der Waals surface area contributed by atoms with E-state index in [1.807, 2.05) is 0 Å². The molecule has 1 fully saturated rings. The first-order valence-corrected chi connectivity index (χ1v) is 7.34. The van der Waals surface area contributed by atoms with E-state index in [2.05, 4.69) is 5.32 Å². The number of nitrogens with zero attached hydrogens (tertiary/aromatic N) is 1. The molecule has 0 unspecified atom stereocenters. The molecule has 2 amide bonds. The zero-order chi connectivity index (χ0) is 15.7. The third-order valence-corrected chi connectivity index (χ3v) is 3.88. The topological polar surface area (TPSA) is 88.1 Å². The molecule has 0 aromatic carbocycles. The number of carboxylic acids is 1. The van der Waals surface area contributed by atoms with Crippen molar-refractivity contribution in [2.75, 3.05) is 40.5 Å². The molecule has 21 heavy (non-hydrogen) atoms. The van der Waals surface area contributed by atoms with Crippen LogP contribution < -0.4 is 5.32 Å². The van der Waals surface area contributed by atoms with Crippen molar-refractivity contribution in [1.29, 1.82) is 0 Å². The van der Waals surface area contributed by atoms with E-state index in [0.29, 0.717) is 39.1 Å². The Labute approximate surface area is 125 Å². The molecule has 0 saturated heterocycles. The number of carbonyl (C=O) groups excluding carboxylic acids is 1. The average molecular weight is 302 g/mol. The van der Waals surface area contributed by atoms with Gasteiger partial charge in [0.25, 0.3) is 0 Å². The van der Waals surface area contributed by atoms with Gasteiger partial charge in [-0.15, -0.1) is 0 Å². The summed E-state index contributed by atoms with van der Waals surface area (Å²) in [5.74, 6) is -0.950. The molecule has 7 nitrogen and oxygen atoms in total. The third kappa shape index (κ3) is 5.17. The third-order valence-electron chi connectivity index (χ3n) is 3.88. The number of hydrogen-bond acceptors (Lipinski definition) is 4. The highest BCUT2D eigenvalue weighted by atomic mass is 16.5. The lowest BCUT2D eigenvalue weighted by Crippen LogP contribution is -2.59. The van der Waals surface area contributed by atoms with Gasteiger partial charge in [0.1, 0.15) is 5.54 Å². The Bertz CT molecular complexity index is 334. The van der Waals surface area contributed by atoms with Crippen molar-refractivity contribution in [1.82, 2.24) is 10.2 Å². The van der Waals surface area contributed by atoms with E-state index in [1.165, 1.54) is 4.90 Å². The van der Waals surface area contributed by atoms with Crippen LogP contribution in [0.1, 0.15) is 32.1 Å². The van der Waals surface area contributed by atoms with Gasteiger partial charge in [0, 0.05) is 27.3 Å². The van der Waals surface area contributed by atoms with Gasteiger partial charge in [-0.05, 0) is 12.8 Å². The number of urea groups is 1. The Morgan fingerprint density at radius 1 is 1.10 bits per heavy atom. The number of ether oxygens (including phenoxy) is 2. The van der Waals surface area contributed by atoms with Crippen molar-refractivity contribution in [3.8, 4) is 0 Å². The molecule has 1 saturated carbocycles. The molecule has 1 rings (SSSR count). The molecule has 7 heteroatoms. The van der Waals surface area contributed by atoms with Gasteiger partial charge in [-0.1, -0.05) is 19.3 Å². The summed E-state index contributed by atoms with van der Waals surface area (Å²) in [6, 6.07) is -0.367. The van der Waals surface area contributed by atoms with E-state index < -0.39 is 11.5 Å². The smallest absolute Gasteiger partial charge is 0.329 e. The zero-order valence-electron chi connectivity index (χ0n) is 12.9. The molecule has 0 radical (unpaired) electrons. The molecule has 0 aromatic heterocycles. The molecule has 1 aliphatic rings. The standard InChI is InChI=1S/C14H26N2O5/c1-20-10-8-16(9-11-21-2)13(19)15-14(12(17)18)6-4-3-5-7-14/h3-11H2,1-2H3,(H,15,19)(H,17,18). The maximum atomic E-state index is 12.4. The summed E-state index contributed by atoms with van der Waals surface area (Å²) < 4.78 is 9.97. The van der Waals surface area contributed by atoms with Crippen LogP contribution in [-0.4, -0.2) is 68.1 Å². The summed E-state index contributed by atoms with van der Waals surface area (Å²) >= 11 is 0. The summed E-state index contributed by atoms with van der Waals surface area (Å²) in [4.78, 5) is 25.5. The van der Waals surface area contributed by atoms with Crippen LogP contribution in [0.5, 0.6) is 0 Å². The van der Waals surface area contributed by atoms with Gasteiger partial charge >= 0.3 is 12.0 Å². The summed E-state index contributed by atoms with van der Waals surface area (Å²) in [6.45, 7) is 1.61. The molecule has 0 aromatic rings. The highest BCUT2D eigenvalue weighted by molar-refractivity contribution is 5.86. The van der Waals surface area contributed by atoms with Crippen LogP contribution in [-0.2, 0) is 14.3 Å². The number of carbonyl (C=O) groups is 2. The molecule has 0 aliphatic heterocycles. The largest absolute Gasteiger partial charge is 0.480 e. The minimum absolute atomic E-state index is 0.367. The number of nitrogens with one attached hydrogen (secondary N) is 1. The van der Waals surface area contributed by atoms with Crippen molar-refractivity contribution in [3.05, 3.63) is 0 Å². The maximum absolute atomic E-state index is 12.4. The van der Waals surface area contributed by atoms with E-state index in [1.54, 1.807) is 14.2 Å². The number of aliphatic carboxylic acids is 1. The molecule has 0 atom stereocenters. The van der Waals surface area contributed by atoms with Crippen molar-refractivity contribution < 1.29 is 24.2 Å². The van der Waals surface area contributed by atoms with Crippen molar-refractivity contribution in [2.24, 2.45) is 0 Å². The van der Waals surface area contributed by atoms with Gasteiger partial charge in [-0.25, -0.2) is 9.59 Å². The first kappa shape index (κ1) is 17.7. The van der Waals surface area contributed by atoms with Gasteiger partial charge in [0.15, 0.2) is 0 Å². The van der Waals surface area contributed by atoms with Crippen LogP contribution in [0.4, 0.5) is 4.79 Å². The molecule has 0 spiro atoms. The highest BCUT2D eigenvalue weighted by Gasteiger charge is 2.41. The van der Waals surface area contributed by atoms with E-state index in [-0.39, 0.29) is 6.03 Å². The van der Waals surface area contributed by atoms with Crippen LogP contribution in [0.2, 0.25) is 0 Å². The Balaban J connectivity index is 2.69. The van der Waals surface area contributed by atoms with E-state index in [0.717, 1.165) is 19.3 Å². The summed E-state index contributed by atoms with van der Waals surface area (Å²) in [5.41, 5.74) is -1.13. The number of methoxy groups -OCH3 is 2. The summed E-state index contributed by atoms with van der Waals surface area (Å²) in [5, 5.41) is 12.2. The fourth-order valence-electron chi connectivity index (χ4n) is 2.55. The van der Waals surface area contributed by atoms with Gasteiger partial charge in [-0.3, -0.25) is 0 Å². The molecule has 2 N–H and O–H groups in total. The van der Waals surface area contributed by atoms with E-state index in [9.17, 15) is 14.7 Å². The monoisotopic (exact) mass is 302 g/mol.